The van der Waals surface area contributed by atoms with Gasteiger partial charge in [-0.25, -0.2) is 0 Å². The summed E-state index contributed by atoms with van der Waals surface area (Å²) in [7, 11) is 0. The highest BCUT2D eigenvalue weighted by Gasteiger charge is 2.29. The van der Waals surface area contributed by atoms with E-state index in [1.165, 1.54) is 18.0 Å². The predicted octanol–water partition coefficient (Wildman–Crippen LogP) is 2.33. The van der Waals surface area contributed by atoms with E-state index < -0.39 is 10.9 Å². The maximum absolute atomic E-state index is 10.9. The fraction of sp³-hybridized carbons (Fsp3) is 0.636. The fourth-order valence-electron chi connectivity index (χ4n) is 2.41. The first-order valence-electron chi connectivity index (χ1n) is 6.03. The van der Waals surface area contributed by atoms with Crippen LogP contribution in [0, 0.1) is 16.0 Å². The molecule has 1 aliphatic carbocycles. The van der Waals surface area contributed by atoms with Gasteiger partial charge in [0.25, 0.3) is 0 Å². The summed E-state index contributed by atoms with van der Waals surface area (Å²) in [6.07, 6.45) is 5.80. The van der Waals surface area contributed by atoms with Crippen molar-refractivity contribution in [2.24, 2.45) is 5.92 Å². The maximum atomic E-state index is 10.9. The molecule has 1 saturated carbocycles. The Morgan fingerprint density at radius 3 is 2.58 bits per heavy atom. The molecule has 0 bridgehead atoms. The van der Waals surface area contributed by atoms with Gasteiger partial charge in [-0.05, 0) is 31.9 Å². The topological polar surface area (TPSA) is 98.3 Å². The van der Waals surface area contributed by atoms with E-state index in [0.29, 0.717) is 30.7 Å². The van der Waals surface area contributed by atoms with Crippen molar-refractivity contribution in [1.29, 1.82) is 0 Å². The molecule has 0 unspecified atom stereocenters. The maximum Gasteiger partial charge on any atom is 0.320 e. The van der Waals surface area contributed by atoms with E-state index in [9.17, 15) is 14.9 Å². The molecule has 1 fully saturated rings. The zero-order chi connectivity index (χ0) is 14.0. The molecular formula is C11H15N3O4S. The van der Waals surface area contributed by atoms with Crippen LogP contribution in [-0.4, -0.2) is 32.0 Å². The summed E-state index contributed by atoms with van der Waals surface area (Å²) in [4.78, 5) is 21.3. The average molecular weight is 285 g/mol. The van der Waals surface area contributed by atoms with Gasteiger partial charge in [0.2, 0.25) is 0 Å². The molecule has 1 aromatic rings. The van der Waals surface area contributed by atoms with Crippen LogP contribution in [0.2, 0.25) is 0 Å². The first-order chi connectivity index (χ1) is 9.02. The van der Waals surface area contributed by atoms with Crippen LogP contribution in [0.5, 0.6) is 0 Å². The number of hydrogen-bond donors (Lipinski definition) is 1. The number of thioether (sulfide) groups is 1. The van der Waals surface area contributed by atoms with Crippen LogP contribution >= 0.6 is 11.8 Å². The highest BCUT2D eigenvalue weighted by Crippen LogP contribution is 2.34. The smallest absolute Gasteiger partial charge is 0.320 e. The van der Waals surface area contributed by atoms with Crippen LogP contribution in [-0.2, 0) is 4.79 Å². The Hall–Kier alpha value is -1.57. The highest BCUT2D eigenvalue weighted by atomic mass is 32.2. The Morgan fingerprint density at radius 1 is 1.53 bits per heavy atom. The van der Waals surface area contributed by atoms with E-state index in [-0.39, 0.29) is 17.6 Å². The van der Waals surface area contributed by atoms with E-state index in [0.717, 1.165) is 0 Å². The zero-order valence-electron chi connectivity index (χ0n) is 10.5. The van der Waals surface area contributed by atoms with Crippen molar-refractivity contribution in [2.45, 2.75) is 36.8 Å². The molecule has 0 aromatic carbocycles. The van der Waals surface area contributed by atoms with Gasteiger partial charge in [0.05, 0.1) is 16.9 Å². The van der Waals surface area contributed by atoms with Crippen molar-refractivity contribution in [1.82, 2.24) is 9.78 Å². The summed E-state index contributed by atoms with van der Waals surface area (Å²) < 4.78 is 1.63. The second kappa shape index (κ2) is 5.60. The number of rotatable bonds is 4. The largest absolute Gasteiger partial charge is 0.481 e. The summed E-state index contributed by atoms with van der Waals surface area (Å²) >= 11 is 1.25. The lowest BCUT2D eigenvalue weighted by Gasteiger charge is -2.25. The van der Waals surface area contributed by atoms with Crippen molar-refractivity contribution < 1.29 is 14.8 Å². The third kappa shape index (κ3) is 2.89. The van der Waals surface area contributed by atoms with E-state index in [1.807, 2.05) is 0 Å². The van der Waals surface area contributed by atoms with Gasteiger partial charge in [-0.15, -0.1) is 11.8 Å². The molecule has 8 heteroatoms. The van der Waals surface area contributed by atoms with Crippen LogP contribution in [0.4, 0.5) is 5.69 Å². The first kappa shape index (κ1) is 13.9. The van der Waals surface area contributed by atoms with E-state index in [4.69, 9.17) is 5.11 Å². The quantitative estimate of drug-likeness (QED) is 0.518. The minimum atomic E-state index is -0.755. The molecule has 104 valence electrons. The minimum absolute atomic E-state index is 0.0212. The number of nitrogens with zero attached hydrogens (tertiary/aromatic N) is 3. The van der Waals surface area contributed by atoms with Crippen LogP contribution < -0.4 is 0 Å². The third-order valence-electron chi connectivity index (χ3n) is 3.49. The SMILES string of the molecule is CSc1nn(C2CCC(C(=O)O)CC2)cc1[N+](=O)[O-]. The van der Waals surface area contributed by atoms with Crippen molar-refractivity contribution in [3.63, 3.8) is 0 Å². The minimum Gasteiger partial charge on any atom is -0.481 e. The molecule has 0 atom stereocenters. The molecule has 7 nitrogen and oxygen atoms in total. The molecule has 19 heavy (non-hydrogen) atoms. The van der Waals surface area contributed by atoms with Crippen molar-refractivity contribution in [3.05, 3.63) is 16.3 Å². The number of carbonyl (C=O) groups is 1. The van der Waals surface area contributed by atoms with Crippen LogP contribution in [0.15, 0.2) is 11.2 Å². The number of hydrogen-bond acceptors (Lipinski definition) is 5. The molecule has 1 heterocycles. The molecule has 0 aliphatic heterocycles. The molecule has 0 saturated heterocycles. The van der Waals surface area contributed by atoms with E-state index in [1.54, 1.807) is 10.9 Å². The van der Waals surface area contributed by atoms with Crippen LogP contribution in [0.1, 0.15) is 31.7 Å². The lowest BCUT2D eigenvalue weighted by Crippen LogP contribution is -2.23. The third-order valence-corrected chi connectivity index (χ3v) is 4.17. The first-order valence-corrected chi connectivity index (χ1v) is 7.25. The normalized spacial score (nSPS) is 23.2. The molecule has 1 aliphatic rings. The molecular weight excluding hydrogens is 270 g/mol. The Kier molecular flexibility index (Phi) is 4.08. The van der Waals surface area contributed by atoms with E-state index >= 15 is 0 Å². The lowest BCUT2D eigenvalue weighted by molar-refractivity contribution is -0.387. The van der Waals surface area contributed by atoms with Crippen LogP contribution in [0.25, 0.3) is 0 Å². The van der Waals surface area contributed by atoms with Gasteiger partial charge in [-0.2, -0.15) is 5.10 Å². The van der Waals surface area contributed by atoms with Crippen LogP contribution in [0.3, 0.4) is 0 Å². The Bertz CT molecular complexity index is 494. The second-order valence-corrected chi connectivity index (χ2v) is 5.40. The Balaban J connectivity index is 2.11. The number of carboxylic acids is 1. The molecule has 2 rings (SSSR count). The number of aliphatic carboxylic acids is 1. The number of carboxylic acid groups (broad SMARTS) is 1. The van der Waals surface area contributed by atoms with Gasteiger partial charge in [-0.3, -0.25) is 19.6 Å². The van der Waals surface area contributed by atoms with Gasteiger partial charge >= 0.3 is 11.7 Å². The molecule has 0 spiro atoms. The molecule has 1 N–H and O–H groups in total. The van der Waals surface area contributed by atoms with E-state index in [2.05, 4.69) is 5.10 Å². The van der Waals surface area contributed by atoms with Gasteiger partial charge in [0.1, 0.15) is 6.20 Å². The lowest BCUT2D eigenvalue weighted by atomic mass is 9.86. The second-order valence-electron chi connectivity index (χ2n) is 4.60. The van der Waals surface area contributed by atoms with Crippen molar-refractivity contribution in [3.8, 4) is 0 Å². The Labute approximate surface area is 114 Å². The molecule has 0 amide bonds. The monoisotopic (exact) mass is 285 g/mol. The summed E-state index contributed by atoms with van der Waals surface area (Å²) in [5.41, 5.74) is 0.0212. The average Bonchev–Trinajstić information content (AvgIpc) is 2.83. The van der Waals surface area contributed by atoms with Gasteiger partial charge in [-0.1, -0.05) is 0 Å². The van der Waals surface area contributed by atoms with Crippen molar-refractivity contribution >= 4 is 23.4 Å². The van der Waals surface area contributed by atoms with Gasteiger partial charge < -0.3 is 5.11 Å². The number of aromatic nitrogens is 2. The zero-order valence-corrected chi connectivity index (χ0v) is 11.3. The molecule has 0 radical (unpaired) electrons. The predicted molar refractivity (Wildman–Crippen MR) is 69.3 cm³/mol. The Morgan fingerprint density at radius 2 is 2.16 bits per heavy atom. The summed E-state index contributed by atoms with van der Waals surface area (Å²) in [5.74, 6) is -1.04. The molecule has 1 aromatic heterocycles. The summed E-state index contributed by atoms with van der Waals surface area (Å²) in [5, 5.41) is 24.5. The van der Waals surface area contributed by atoms with Gasteiger partial charge in [0.15, 0.2) is 5.03 Å². The fourth-order valence-corrected chi connectivity index (χ4v) is 2.92. The summed E-state index contributed by atoms with van der Waals surface area (Å²) in [6, 6.07) is 0.0650. The number of nitro groups is 1. The highest BCUT2D eigenvalue weighted by molar-refractivity contribution is 7.98. The summed E-state index contributed by atoms with van der Waals surface area (Å²) in [6.45, 7) is 0. The van der Waals surface area contributed by atoms with Crippen molar-refractivity contribution in [2.75, 3.05) is 6.26 Å². The van der Waals surface area contributed by atoms with Gasteiger partial charge in [0, 0.05) is 0 Å². The standard InChI is InChI=1S/C11H15N3O4S/c1-19-10-9(14(17)18)6-13(12-10)8-4-2-7(3-5-8)11(15)16/h6-8H,2-5H2,1H3,(H,15,16).